The van der Waals surface area contributed by atoms with Crippen LogP contribution in [0.15, 0.2) is 15.7 Å². The highest BCUT2D eigenvalue weighted by molar-refractivity contribution is 4.98. The van der Waals surface area contributed by atoms with Gasteiger partial charge >= 0.3 is 5.69 Å². The van der Waals surface area contributed by atoms with Gasteiger partial charge in [0.05, 0.1) is 0 Å². The number of hydrogen-bond acceptors (Lipinski definition) is 3. The van der Waals surface area contributed by atoms with Gasteiger partial charge in [0.15, 0.2) is 0 Å². The molecular formula is C9H15N3O2. The molecule has 0 aliphatic heterocycles. The highest BCUT2D eigenvalue weighted by Crippen LogP contribution is 1.95. The fourth-order valence-electron chi connectivity index (χ4n) is 1.29. The largest absolute Gasteiger partial charge is 0.325 e. The molecule has 0 aliphatic carbocycles. The second-order valence-corrected chi connectivity index (χ2v) is 3.07. The van der Waals surface area contributed by atoms with Gasteiger partial charge in [-0.1, -0.05) is 13.8 Å². The van der Waals surface area contributed by atoms with Gasteiger partial charge in [-0.15, -0.1) is 0 Å². The van der Waals surface area contributed by atoms with Gasteiger partial charge < -0.3 is 4.98 Å². The van der Waals surface area contributed by atoms with Crippen LogP contribution in [0.3, 0.4) is 0 Å². The van der Waals surface area contributed by atoms with Crippen molar-refractivity contribution in [3.63, 3.8) is 0 Å². The summed E-state index contributed by atoms with van der Waals surface area (Å²) < 4.78 is 0. The van der Waals surface area contributed by atoms with E-state index in [0.29, 0.717) is 12.2 Å². The average Bonchev–Trinajstić information content (AvgIpc) is 2.12. The van der Waals surface area contributed by atoms with Crippen LogP contribution in [0.25, 0.3) is 0 Å². The van der Waals surface area contributed by atoms with E-state index in [4.69, 9.17) is 0 Å². The van der Waals surface area contributed by atoms with Gasteiger partial charge in [0.2, 0.25) is 0 Å². The fourth-order valence-corrected chi connectivity index (χ4v) is 1.29. The van der Waals surface area contributed by atoms with Crippen LogP contribution in [0.1, 0.15) is 19.5 Å². The highest BCUT2D eigenvalue weighted by Gasteiger charge is 2.02. The molecule has 5 nitrogen and oxygen atoms in total. The number of nitrogens with one attached hydrogen (secondary N) is 2. The summed E-state index contributed by atoms with van der Waals surface area (Å²) in [6, 6.07) is 1.42. The van der Waals surface area contributed by atoms with E-state index in [1.807, 2.05) is 13.8 Å². The summed E-state index contributed by atoms with van der Waals surface area (Å²) >= 11 is 0. The lowest BCUT2D eigenvalue weighted by Crippen LogP contribution is -2.28. The summed E-state index contributed by atoms with van der Waals surface area (Å²) in [5, 5.41) is 0. The molecule has 14 heavy (non-hydrogen) atoms. The maximum Gasteiger partial charge on any atom is 0.325 e. The smallest absolute Gasteiger partial charge is 0.310 e. The molecule has 0 aliphatic rings. The van der Waals surface area contributed by atoms with Gasteiger partial charge in [-0.25, -0.2) is 4.79 Å². The summed E-state index contributed by atoms with van der Waals surface area (Å²) in [6.07, 6.45) is 0. The minimum Gasteiger partial charge on any atom is -0.310 e. The zero-order chi connectivity index (χ0) is 10.6. The first kappa shape index (κ1) is 10.7. The Hall–Kier alpha value is -1.36. The van der Waals surface area contributed by atoms with Crippen molar-refractivity contribution in [3.8, 4) is 0 Å². The van der Waals surface area contributed by atoms with E-state index < -0.39 is 5.69 Å². The van der Waals surface area contributed by atoms with Crippen molar-refractivity contribution in [1.29, 1.82) is 0 Å². The van der Waals surface area contributed by atoms with Crippen LogP contribution in [0.2, 0.25) is 0 Å². The SMILES string of the molecule is CCN(CC)Cc1cc(=O)[nH]c(=O)[nH]1. The molecule has 0 radical (unpaired) electrons. The van der Waals surface area contributed by atoms with Crippen molar-refractivity contribution >= 4 is 0 Å². The third kappa shape index (κ3) is 2.85. The molecule has 0 amide bonds. The molecule has 0 spiro atoms. The molecule has 0 fully saturated rings. The molecule has 1 rings (SSSR count). The maximum atomic E-state index is 11.0. The first-order valence-corrected chi connectivity index (χ1v) is 4.70. The summed E-state index contributed by atoms with van der Waals surface area (Å²) in [6.45, 7) is 6.46. The standard InChI is InChI=1S/C9H15N3O2/c1-3-12(4-2)6-7-5-8(13)11-9(14)10-7/h5H,3-4,6H2,1-2H3,(H2,10,11,13,14). The van der Waals surface area contributed by atoms with Gasteiger partial charge in [0.25, 0.3) is 5.56 Å². The van der Waals surface area contributed by atoms with Crippen molar-refractivity contribution in [3.05, 3.63) is 32.6 Å². The first-order valence-electron chi connectivity index (χ1n) is 4.70. The van der Waals surface area contributed by atoms with Crippen LogP contribution in [-0.2, 0) is 6.54 Å². The number of rotatable bonds is 4. The lowest BCUT2D eigenvalue weighted by molar-refractivity contribution is 0.291. The van der Waals surface area contributed by atoms with Gasteiger partial charge in [-0.3, -0.25) is 14.7 Å². The zero-order valence-electron chi connectivity index (χ0n) is 8.46. The van der Waals surface area contributed by atoms with Crippen LogP contribution in [0.4, 0.5) is 0 Å². The van der Waals surface area contributed by atoms with Gasteiger partial charge in [-0.2, -0.15) is 0 Å². The van der Waals surface area contributed by atoms with Crippen LogP contribution in [0, 0.1) is 0 Å². The van der Waals surface area contributed by atoms with Gasteiger partial charge in [0, 0.05) is 18.3 Å². The predicted molar refractivity (Wildman–Crippen MR) is 54.3 cm³/mol. The molecule has 1 aromatic rings. The van der Waals surface area contributed by atoms with E-state index in [9.17, 15) is 9.59 Å². The molecule has 1 aromatic heterocycles. The highest BCUT2D eigenvalue weighted by atomic mass is 16.2. The van der Waals surface area contributed by atoms with Crippen molar-refractivity contribution in [1.82, 2.24) is 14.9 Å². The lowest BCUT2D eigenvalue weighted by atomic mass is 10.3. The van der Waals surface area contributed by atoms with E-state index >= 15 is 0 Å². The zero-order valence-corrected chi connectivity index (χ0v) is 8.46. The predicted octanol–water partition coefficient (Wildman–Crippen LogP) is -0.0950. The Morgan fingerprint density at radius 1 is 1.21 bits per heavy atom. The van der Waals surface area contributed by atoms with Crippen molar-refractivity contribution < 1.29 is 0 Å². The summed E-state index contributed by atoms with van der Waals surface area (Å²) in [5.74, 6) is 0. The fraction of sp³-hybridized carbons (Fsp3) is 0.556. The number of nitrogens with zero attached hydrogens (tertiary/aromatic N) is 1. The Morgan fingerprint density at radius 3 is 2.36 bits per heavy atom. The monoisotopic (exact) mass is 197 g/mol. The van der Waals surface area contributed by atoms with Gasteiger partial charge in [0.1, 0.15) is 0 Å². The lowest BCUT2D eigenvalue weighted by Gasteiger charge is -2.16. The number of aromatic amines is 2. The number of aromatic nitrogens is 2. The van der Waals surface area contributed by atoms with Crippen molar-refractivity contribution in [2.45, 2.75) is 20.4 Å². The van der Waals surface area contributed by atoms with Crippen LogP contribution >= 0.6 is 0 Å². The molecule has 0 unspecified atom stereocenters. The van der Waals surface area contributed by atoms with Crippen LogP contribution in [0.5, 0.6) is 0 Å². The minimum atomic E-state index is -0.445. The molecule has 0 saturated heterocycles. The quantitative estimate of drug-likeness (QED) is 0.708. The Kier molecular flexibility index (Phi) is 3.64. The van der Waals surface area contributed by atoms with E-state index in [-0.39, 0.29) is 5.56 Å². The maximum absolute atomic E-state index is 11.0. The molecule has 0 bridgehead atoms. The molecule has 5 heteroatoms. The van der Waals surface area contributed by atoms with Crippen molar-refractivity contribution in [2.24, 2.45) is 0 Å². The Labute approximate surface area is 81.8 Å². The van der Waals surface area contributed by atoms with Crippen LogP contribution in [-0.4, -0.2) is 28.0 Å². The molecule has 1 heterocycles. The van der Waals surface area contributed by atoms with E-state index in [1.54, 1.807) is 0 Å². The van der Waals surface area contributed by atoms with Gasteiger partial charge in [-0.05, 0) is 13.1 Å². The number of H-pyrrole nitrogens is 2. The molecular weight excluding hydrogens is 182 g/mol. The molecule has 0 aromatic carbocycles. The Balaban J connectivity index is 2.86. The third-order valence-corrected chi connectivity index (χ3v) is 2.10. The number of hydrogen-bond donors (Lipinski definition) is 2. The normalized spacial score (nSPS) is 10.8. The van der Waals surface area contributed by atoms with E-state index in [2.05, 4.69) is 14.9 Å². The second kappa shape index (κ2) is 4.76. The van der Waals surface area contributed by atoms with E-state index in [1.165, 1.54) is 6.07 Å². The minimum absolute atomic E-state index is 0.351. The Morgan fingerprint density at radius 2 is 1.86 bits per heavy atom. The molecule has 0 saturated carbocycles. The topological polar surface area (TPSA) is 69.0 Å². The molecule has 78 valence electrons. The Bertz CT molecular complexity index is 361. The van der Waals surface area contributed by atoms with Crippen LogP contribution < -0.4 is 11.2 Å². The molecule has 2 N–H and O–H groups in total. The summed E-state index contributed by atoms with van der Waals surface area (Å²) in [5.41, 5.74) is -0.141. The van der Waals surface area contributed by atoms with Crippen molar-refractivity contribution in [2.75, 3.05) is 13.1 Å². The average molecular weight is 197 g/mol. The first-order chi connectivity index (χ1) is 6.65. The third-order valence-electron chi connectivity index (χ3n) is 2.10. The van der Waals surface area contributed by atoms with E-state index in [0.717, 1.165) is 13.1 Å². The molecule has 0 atom stereocenters. The summed E-state index contributed by atoms with van der Waals surface area (Å²) in [7, 11) is 0. The summed E-state index contributed by atoms with van der Waals surface area (Å²) in [4.78, 5) is 28.8. The second-order valence-electron chi connectivity index (χ2n) is 3.07.